The Morgan fingerprint density at radius 3 is 1.45 bits per heavy atom. The number of hydrogen-bond acceptors (Lipinski definition) is 2. The summed E-state index contributed by atoms with van der Waals surface area (Å²) in [4.78, 5) is 0. The molecule has 0 spiro atoms. The lowest BCUT2D eigenvalue weighted by Gasteiger charge is -2.28. The van der Waals surface area contributed by atoms with Crippen LogP contribution in [0.15, 0.2) is 0 Å². The minimum atomic E-state index is -0.0453. The Labute approximate surface area is 188 Å². The molecule has 162 valence electrons. The van der Waals surface area contributed by atoms with Gasteiger partial charge in [-0.05, 0) is 142 Å². The summed E-state index contributed by atoms with van der Waals surface area (Å²) in [5, 5.41) is 9.21. The van der Waals surface area contributed by atoms with Crippen molar-refractivity contribution in [3.63, 3.8) is 0 Å². The van der Waals surface area contributed by atoms with Gasteiger partial charge in [0.1, 0.15) is 0 Å². The van der Waals surface area contributed by atoms with Gasteiger partial charge in [-0.15, -0.1) is 5.10 Å². The van der Waals surface area contributed by atoms with Crippen LogP contribution in [0.3, 0.4) is 0 Å². The second-order valence-corrected chi connectivity index (χ2v) is 10.3. The maximum Gasteiger partial charge on any atom is 0.0967 e. The average Bonchev–Trinajstić information content (AvgIpc) is 2.96. The second kappa shape index (κ2) is 6.76. The Bertz CT molecular complexity index is 1290. The normalized spacial score (nSPS) is 14.1. The highest BCUT2D eigenvalue weighted by Gasteiger charge is 2.42. The van der Waals surface area contributed by atoms with Crippen LogP contribution in [-0.2, 0) is 5.41 Å². The van der Waals surface area contributed by atoms with E-state index >= 15 is 0 Å². The molecular weight excluding hydrogens is 376 g/mol. The van der Waals surface area contributed by atoms with Crippen LogP contribution < -0.4 is 0 Å². The SMILES string of the molecule is Cc1nnc(-c2c(C)c(C)c3c(c2C)C(C)(C)c2c(C)c(C)c(C)c(C)c2-3)c(C)c1C. The minimum absolute atomic E-state index is 0.0453. The fourth-order valence-corrected chi connectivity index (χ4v) is 6.10. The molecule has 3 aromatic rings. The Hall–Kier alpha value is -2.48. The molecule has 0 N–H and O–H groups in total. The van der Waals surface area contributed by atoms with Crippen molar-refractivity contribution in [1.29, 1.82) is 0 Å². The largest absolute Gasteiger partial charge is 0.155 e. The highest BCUT2D eigenvalue weighted by molar-refractivity contribution is 5.92. The molecule has 0 amide bonds. The lowest BCUT2D eigenvalue weighted by molar-refractivity contribution is 0.649. The fourth-order valence-electron chi connectivity index (χ4n) is 6.10. The molecule has 1 heterocycles. The second-order valence-electron chi connectivity index (χ2n) is 10.3. The van der Waals surface area contributed by atoms with Crippen molar-refractivity contribution in [1.82, 2.24) is 10.2 Å². The number of hydrogen-bond donors (Lipinski definition) is 0. The van der Waals surface area contributed by atoms with Gasteiger partial charge in [0.2, 0.25) is 0 Å². The van der Waals surface area contributed by atoms with Crippen molar-refractivity contribution in [3.05, 3.63) is 66.9 Å². The van der Waals surface area contributed by atoms with E-state index in [0.717, 1.165) is 11.4 Å². The van der Waals surface area contributed by atoms with Gasteiger partial charge in [0.25, 0.3) is 0 Å². The van der Waals surface area contributed by atoms with Crippen molar-refractivity contribution in [2.45, 2.75) is 88.5 Å². The standard InChI is InChI=1S/C29H36N2/c1-13-14(2)19(7)26-24(16(13)4)25-18(6)17(5)23(21(9)27(25)29(26,11)12)28-20(8)15(3)22(10)30-31-28/h1-12H3. The van der Waals surface area contributed by atoms with Gasteiger partial charge in [-0.25, -0.2) is 0 Å². The first-order valence-electron chi connectivity index (χ1n) is 11.4. The molecule has 0 atom stereocenters. The Balaban J connectivity index is 2.19. The summed E-state index contributed by atoms with van der Waals surface area (Å²) < 4.78 is 0. The third-order valence-electron chi connectivity index (χ3n) is 8.50. The van der Waals surface area contributed by atoms with Gasteiger partial charge < -0.3 is 0 Å². The summed E-state index contributed by atoms with van der Waals surface area (Å²) in [7, 11) is 0. The van der Waals surface area contributed by atoms with Gasteiger partial charge in [0.05, 0.1) is 11.4 Å². The monoisotopic (exact) mass is 412 g/mol. The topological polar surface area (TPSA) is 25.8 Å². The molecule has 0 unspecified atom stereocenters. The van der Waals surface area contributed by atoms with Crippen LogP contribution in [0.1, 0.15) is 80.7 Å². The quantitative estimate of drug-likeness (QED) is 0.413. The zero-order valence-corrected chi connectivity index (χ0v) is 21.4. The summed E-state index contributed by atoms with van der Waals surface area (Å²) in [5.74, 6) is 0. The van der Waals surface area contributed by atoms with E-state index in [2.05, 4.69) is 81.3 Å². The number of benzene rings is 2. The molecule has 0 bridgehead atoms. The number of rotatable bonds is 1. The molecule has 1 aliphatic carbocycles. The summed E-state index contributed by atoms with van der Waals surface area (Å²) in [6.45, 7) is 27.2. The Kier molecular flexibility index (Phi) is 4.74. The molecule has 31 heavy (non-hydrogen) atoms. The molecule has 1 aromatic heterocycles. The third kappa shape index (κ3) is 2.63. The maximum atomic E-state index is 4.71. The zero-order chi connectivity index (χ0) is 23.2. The molecule has 4 rings (SSSR count). The van der Waals surface area contributed by atoms with Crippen LogP contribution in [0.4, 0.5) is 0 Å². The van der Waals surface area contributed by atoms with E-state index in [1.807, 2.05) is 6.92 Å². The van der Waals surface area contributed by atoms with Crippen molar-refractivity contribution >= 4 is 0 Å². The van der Waals surface area contributed by atoms with Crippen molar-refractivity contribution in [2.75, 3.05) is 0 Å². The zero-order valence-electron chi connectivity index (χ0n) is 21.4. The first kappa shape index (κ1) is 21.7. The maximum absolute atomic E-state index is 4.71. The molecule has 0 saturated carbocycles. The van der Waals surface area contributed by atoms with Crippen LogP contribution in [0.5, 0.6) is 0 Å². The van der Waals surface area contributed by atoms with Crippen molar-refractivity contribution in [3.8, 4) is 22.4 Å². The van der Waals surface area contributed by atoms with Gasteiger partial charge in [0.15, 0.2) is 0 Å². The molecule has 2 aromatic carbocycles. The predicted octanol–water partition coefficient (Wildman–Crippen LogP) is 7.53. The van der Waals surface area contributed by atoms with Crippen molar-refractivity contribution < 1.29 is 0 Å². The van der Waals surface area contributed by atoms with E-state index in [9.17, 15) is 0 Å². The van der Waals surface area contributed by atoms with Crippen LogP contribution in [0.25, 0.3) is 22.4 Å². The Morgan fingerprint density at radius 2 is 0.871 bits per heavy atom. The van der Waals surface area contributed by atoms with Gasteiger partial charge in [-0.1, -0.05) is 13.8 Å². The Morgan fingerprint density at radius 1 is 0.419 bits per heavy atom. The van der Waals surface area contributed by atoms with E-state index < -0.39 is 0 Å². The first-order chi connectivity index (χ1) is 14.3. The highest BCUT2D eigenvalue weighted by Crippen LogP contribution is 2.57. The minimum Gasteiger partial charge on any atom is -0.155 e. The molecule has 1 aliphatic rings. The molecule has 2 nitrogen and oxygen atoms in total. The molecule has 0 radical (unpaired) electrons. The number of aryl methyl sites for hydroxylation is 1. The van der Waals surface area contributed by atoms with Crippen LogP contribution in [0.2, 0.25) is 0 Å². The van der Waals surface area contributed by atoms with E-state index in [1.54, 1.807) is 0 Å². The molecule has 0 aliphatic heterocycles. The lowest BCUT2D eigenvalue weighted by Crippen LogP contribution is -2.20. The van der Waals surface area contributed by atoms with E-state index in [-0.39, 0.29) is 5.41 Å². The number of nitrogens with zero attached hydrogens (tertiary/aromatic N) is 2. The summed E-state index contributed by atoms with van der Waals surface area (Å²) >= 11 is 0. The summed E-state index contributed by atoms with van der Waals surface area (Å²) in [6.07, 6.45) is 0. The van der Waals surface area contributed by atoms with Crippen LogP contribution >= 0.6 is 0 Å². The fraction of sp³-hybridized carbons (Fsp3) is 0.448. The molecule has 0 saturated heterocycles. The van der Waals surface area contributed by atoms with E-state index in [1.165, 1.54) is 77.9 Å². The molecule has 2 heteroatoms. The molecule has 0 fully saturated rings. The average molecular weight is 413 g/mol. The first-order valence-corrected chi connectivity index (χ1v) is 11.4. The van der Waals surface area contributed by atoms with Gasteiger partial charge >= 0.3 is 0 Å². The smallest absolute Gasteiger partial charge is 0.0967 e. The highest BCUT2D eigenvalue weighted by atomic mass is 15.1. The van der Waals surface area contributed by atoms with Gasteiger partial charge in [-0.3, -0.25) is 0 Å². The van der Waals surface area contributed by atoms with Crippen LogP contribution in [-0.4, -0.2) is 10.2 Å². The van der Waals surface area contributed by atoms with E-state index in [0.29, 0.717) is 0 Å². The lowest BCUT2D eigenvalue weighted by atomic mass is 9.75. The van der Waals surface area contributed by atoms with Crippen LogP contribution in [0, 0.1) is 69.2 Å². The molecular formula is C29H36N2. The number of fused-ring (bicyclic) bond motifs is 3. The third-order valence-corrected chi connectivity index (χ3v) is 8.50. The van der Waals surface area contributed by atoms with E-state index in [4.69, 9.17) is 5.10 Å². The summed E-state index contributed by atoms with van der Waals surface area (Å²) in [6, 6.07) is 0. The van der Waals surface area contributed by atoms with Crippen molar-refractivity contribution in [2.24, 2.45) is 0 Å². The predicted molar refractivity (Wildman–Crippen MR) is 132 cm³/mol. The summed E-state index contributed by atoms with van der Waals surface area (Å²) in [5.41, 5.74) is 21.5. The van der Waals surface area contributed by atoms with Gasteiger partial charge in [-0.2, -0.15) is 5.10 Å². The number of aromatic nitrogens is 2. The van der Waals surface area contributed by atoms with Gasteiger partial charge in [0, 0.05) is 11.0 Å².